The summed E-state index contributed by atoms with van der Waals surface area (Å²) in [6.07, 6.45) is 1.52. The van der Waals surface area contributed by atoms with Crippen LogP contribution in [0.4, 0.5) is 5.82 Å². The number of nitrogen functional groups attached to an aromatic ring is 1. The van der Waals surface area contributed by atoms with Crippen LogP contribution in [0.1, 0.15) is 23.1 Å². The van der Waals surface area contributed by atoms with Crippen molar-refractivity contribution >= 4 is 5.82 Å². The SMILES string of the molecule is Cc1cccc(C(O)Cc2ccnc(N)c2)n1. The molecule has 1 atom stereocenters. The summed E-state index contributed by atoms with van der Waals surface area (Å²) in [6.45, 7) is 1.90. The Hall–Kier alpha value is -1.94. The number of pyridine rings is 2. The zero-order valence-electron chi connectivity index (χ0n) is 9.67. The Morgan fingerprint density at radius 2 is 2.18 bits per heavy atom. The quantitative estimate of drug-likeness (QED) is 0.839. The van der Waals surface area contributed by atoms with Crippen LogP contribution in [0.5, 0.6) is 0 Å². The molecule has 17 heavy (non-hydrogen) atoms. The predicted molar refractivity (Wildman–Crippen MR) is 66.3 cm³/mol. The molecular weight excluding hydrogens is 214 g/mol. The van der Waals surface area contributed by atoms with Crippen LogP contribution in [0.25, 0.3) is 0 Å². The van der Waals surface area contributed by atoms with Gasteiger partial charge < -0.3 is 10.8 Å². The second-order valence-corrected chi connectivity index (χ2v) is 4.01. The lowest BCUT2D eigenvalue weighted by atomic mass is 10.1. The van der Waals surface area contributed by atoms with Crippen molar-refractivity contribution in [2.75, 3.05) is 5.73 Å². The lowest BCUT2D eigenvalue weighted by Gasteiger charge is -2.10. The smallest absolute Gasteiger partial charge is 0.123 e. The molecule has 4 nitrogen and oxygen atoms in total. The number of hydrogen-bond acceptors (Lipinski definition) is 4. The van der Waals surface area contributed by atoms with E-state index in [1.807, 2.05) is 31.2 Å². The molecule has 0 spiro atoms. The molecule has 2 heterocycles. The van der Waals surface area contributed by atoms with Gasteiger partial charge in [0.15, 0.2) is 0 Å². The predicted octanol–water partition coefficient (Wildman–Crippen LogP) is 1.64. The topological polar surface area (TPSA) is 72.0 Å². The highest BCUT2D eigenvalue weighted by Gasteiger charge is 2.10. The van der Waals surface area contributed by atoms with Gasteiger partial charge in [-0.05, 0) is 36.8 Å². The number of aromatic nitrogens is 2. The van der Waals surface area contributed by atoms with Gasteiger partial charge >= 0.3 is 0 Å². The first-order chi connectivity index (χ1) is 8.15. The number of anilines is 1. The normalized spacial score (nSPS) is 12.4. The Morgan fingerprint density at radius 1 is 1.35 bits per heavy atom. The molecule has 4 heteroatoms. The van der Waals surface area contributed by atoms with E-state index in [9.17, 15) is 5.11 Å². The van der Waals surface area contributed by atoms with Crippen molar-refractivity contribution in [1.82, 2.24) is 9.97 Å². The fraction of sp³-hybridized carbons (Fsp3) is 0.231. The maximum Gasteiger partial charge on any atom is 0.123 e. The maximum absolute atomic E-state index is 10.1. The van der Waals surface area contributed by atoms with Crippen molar-refractivity contribution in [1.29, 1.82) is 0 Å². The molecule has 2 rings (SSSR count). The molecule has 1 unspecified atom stereocenters. The van der Waals surface area contributed by atoms with Gasteiger partial charge in [0.25, 0.3) is 0 Å². The van der Waals surface area contributed by atoms with Crippen LogP contribution in [-0.4, -0.2) is 15.1 Å². The lowest BCUT2D eigenvalue weighted by molar-refractivity contribution is 0.173. The molecule has 2 aromatic rings. The van der Waals surface area contributed by atoms with Gasteiger partial charge in [0.1, 0.15) is 5.82 Å². The third-order valence-corrected chi connectivity index (χ3v) is 2.53. The third-order valence-electron chi connectivity index (χ3n) is 2.53. The highest BCUT2D eigenvalue weighted by molar-refractivity contribution is 5.32. The van der Waals surface area contributed by atoms with E-state index in [0.717, 1.165) is 11.3 Å². The van der Waals surface area contributed by atoms with Gasteiger partial charge in [-0.2, -0.15) is 0 Å². The number of hydrogen-bond donors (Lipinski definition) is 2. The highest BCUT2D eigenvalue weighted by atomic mass is 16.3. The summed E-state index contributed by atoms with van der Waals surface area (Å²) in [4.78, 5) is 8.21. The number of nitrogens with zero attached hydrogens (tertiary/aromatic N) is 2. The van der Waals surface area contributed by atoms with Crippen LogP contribution in [0, 0.1) is 6.92 Å². The summed E-state index contributed by atoms with van der Waals surface area (Å²) in [5.74, 6) is 0.465. The molecule has 0 saturated heterocycles. The number of aliphatic hydroxyl groups is 1. The Labute approximate surface area is 100 Å². The number of aryl methyl sites for hydroxylation is 1. The molecule has 2 aromatic heterocycles. The summed E-state index contributed by atoms with van der Waals surface area (Å²) >= 11 is 0. The number of rotatable bonds is 3. The van der Waals surface area contributed by atoms with E-state index in [0.29, 0.717) is 17.9 Å². The summed E-state index contributed by atoms with van der Waals surface area (Å²) < 4.78 is 0. The van der Waals surface area contributed by atoms with Gasteiger partial charge in [-0.1, -0.05) is 6.07 Å². The van der Waals surface area contributed by atoms with E-state index in [1.165, 1.54) is 0 Å². The maximum atomic E-state index is 10.1. The molecule has 0 fully saturated rings. The largest absolute Gasteiger partial charge is 0.386 e. The standard InChI is InChI=1S/C13H15N3O/c1-9-3-2-4-11(16-9)12(17)7-10-5-6-15-13(14)8-10/h2-6,8,12,17H,7H2,1H3,(H2,14,15). The van der Waals surface area contributed by atoms with Crippen LogP contribution >= 0.6 is 0 Å². The van der Waals surface area contributed by atoms with Gasteiger partial charge in [-0.3, -0.25) is 4.98 Å². The molecule has 0 aliphatic heterocycles. The Kier molecular flexibility index (Phi) is 3.35. The van der Waals surface area contributed by atoms with E-state index in [2.05, 4.69) is 9.97 Å². The molecule has 0 aliphatic carbocycles. The lowest BCUT2D eigenvalue weighted by Crippen LogP contribution is -2.05. The van der Waals surface area contributed by atoms with Crippen molar-refractivity contribution in [3.8, 4) is 0 Å². The third kappa shape index (κ3) is 3.01. The minimum atomic E-state index is -0.614. The first-order valence-corrected chi connectivity index (χ1v) is 5.47. The Morgan fingerprint density at radius 3 is 2.88 bits per heavy atom. The summed E-state index contributed by atoms with van der Waals surface area (Å²) in [6, 6.07) is 9.22. The number of nitrogens with two attached hydrogens (primary N) is 1. The molecule has 0 radical (unpaired) electrons. The molecule has 0 aromatic carbocycles. The molecule has 88 valence electrons. The van der Waals surface area contributed by atoms with E-state index in [1.54, 1.807) is 12.3 Å². The minimum absolute atomic E-state index is 0.465. The average molecular weight is 229 g/mol. The van der Waals surface area contributed by atoms with E-state index >= 15 is 0 Å². The monoisotopic (exact) mass is 229 g/mol. The summed E-state index contributed by atoms with van der Waals surface area (Å²) in [5, 5.41) is 10.1. The van der Waals surface area contributed by atoms with Crippen LogP contribution < -0.4 is 5.73 Å². The van der Waals surface area contributed by atoms with Gasteiger partial charge in [-0.15, -0.1) is 0 Å². The van der Waals surface area contributed by atoms with Crippen LogP contribution in [0.2, 0.25) is 0 Å². The van der Waals surface area contributed by atoms with Gasteiger partial charge in [-0.25, -0.2) is 4.98 Å². The average Bonchev–Trinajstić information content (AvgIpc) is 2.29. The molecule has 3 N–H and O–H groups in total. The van der Waals surface area contributed by atoms with E-state index in [-0.39, 0.29) is 0 Å². The van der Waals surface area contributed by atoms with Crippen molar-refractivity contribution in [3.05, 3.63) is 53.5 Å². The molecule has 0 aliphatic rings. The van der Waals surface area contributed by atoms with Crippen molar-refractivity contribution in [3.63, 3.8) is 0 Å². The zero-order valence-corrected chi connectivity index (χ0v) is 9.67. The van der Waals surface area contributed by atoms with Crippen LogP contribution in [0.15, 0.2) is 36.5 Å². The molecule has 0 saturated carbocycles. The van der Waals surface area contributed by atoms with Gasteiger partial charge in [0.2, 0.25) is 0 Å². The minimum Gasteiger partial charge on any atom is -0.386 e. The Balaban J connectivity index is 2.14. The van der Waals surface area contributed by atoms with Crippen molar-refractivity contribution < 1.29 is 5.11 Å². The first kappa shape index (κ1) is 11.5. The molecule has 0 bridgehead atoms. The van der Waals surface area contributed by atoms with Crippen LogP contribution in [0.3, 0.4) is 0 Å². The van der Waals surface area contributed by atoms with Crippen LogP contribution in [-0.2, 0) is 6.42 Å². The Bertz CT molecular complexity index is 514. The second kappa shape index (κ2) is 4.93. The van der Waals surface area contributed by atoms with E-state index in [4.69, 9.17) is 5.73 Å². The van der Waals surface area contributed by atoms with Crippen molar-refractivity contribution in [2.24, 2.45) is 0 Å². The molecule has 0 amide bonds. The second-order valence-electron chi connectivity index (χ2n) is 4.01. The van der Waals surface area contributed by atoms with Gasteiger partial charge in [0, 0.05) is 18.3 Å². The summed E-state index contributed by atoms with van der Waals surface area (Å²) in [5.41, 5.74) is 8.12. The fourth-order valence-corrected chi connectivity index (χ4v) is 1.70. The van der Waals surface area contributed by atoms with Gasteiger partial charge in [0.05, 0.1) is 11.8 Å². The zero-order chi connectivity index (χ0) is 12.3. The van der Waals surface area contributed by atoms with Crippen molar-refractivity contribution in [2.45, 2.75) is 19.4 Å². The number of aliphatic hydroxyl groups excluding tert-OH is 1. The highest BCUT2D eigenvalue weighted by Crippen LogP contribution is 2.17. The fourth-order valence-electron chi connectivity index (χ4n) is 1.70. The first-order valence-electron chi connectivity index (χ1n) is 5.47. The molecular formula is C13H15N3O. The summed E-state index contributed by atoms with van der Waals surface area (Å²) in [7, 11) is 0. The van der Waals surface area contributed by atoms with E-state index < -0.39 is 6.10 Å².